The first kappa shape index (κ1) is 18.4. The normalized spacial score (nSPS) is 34.7. The molecule has 1 heterocycles. The Morgan fingerprint density at radius 1 is 1.12 bits per heavy atom. The third-order valence-corrected chi connectivity index (χ3v) is 6.71. The molecule has 0 spiro atoms. The van der Waals surface area contributed by atoms with Crippen molar-refractivity contribution in [2.45, 2.75) is 76.4 Å². The maximum Gasteiger partial charge on any atom is 0.327 e. The molecule has 3 amide bonds. The standard InChI is InChI=1S/C19H30N2O4/c1-19(14-8-4-3-5-9-14)17(24)21(18(25)20(19)2)12-16(23)13-7-6-10-15(22)11-13/h13-15,22H,3-12H2,1-2H3. The van der Waals surface area contributed by atoms with Crippen LogP contribution in [0.1, 0.15) is 64.7 Å². The van der Waals surface area contributed by atoms with Crippen molar-refractivity contribution < 1.29 is 19.5 Å². The summed E-state index contributed by atoms with van der Waals surface area (Å²) in [6, 6.07) is -0.359. The number of amides is 3. The lowest BCUT2D eigenvalue weighted by Gasteiger charge is -2.38. The second-order valence-corrected chi connectivity index (χ2v) is 8.20. The highest BCUT2D eigenvalue weighted by atomic mass is 16.3. The van der Waals surface area contributed by atoms with E-state index in [9.17, 15) is 19.5 Å². The zero-order chi connectivity index (χ0) is 18.2. The van der Waals surface area contributed by atoms with Crippen LogP contribution in [0.5, 0.6) is 0 Å². The highest BCUT2D eigenvalue weighted by Crippen LogP contribution is 2.41. The monoisotopic (exact) mass is 350 g/mol. The van der Waals surface area contributed by atoms with Crippen LogP contribution in [0.25, 0.3) is 0 Å². The maximum absolute atomic E-state index is 13.1. The average Bonchev–Trinajstić information content (AvgIpc) is 2.78. The van der Waals surface area contributed by atoms with Crippen molar-refractivity contribution in [2.24, 2.45) is 11.8 Å². The van der Waals surface area contributed by atoms with Gasteiger partial charge in [0.2, 0.25) is 0 Å². The summed E-state index contributed by atoms with van der Waals surface area (Å²) in [5.41, 5.74) is -0.830. The van der Waals surface area contributed by atoms with Crippen molar-refractivity contribution in [3.63, 3.8) is 0 Å². The van der Waals surface area contributed by atoms with Crippen molar-refractivity contribution in [3.8, 4) is 0 Å². The molecule has 3 fully saturated rings. The minimum atomic E-state index is -0.830. The van der Waals surface area contributed by atoms with Crippen LogP contribution >= 0.6 is 0 Å². The van der Waals surface area contributed by atoms with Gasteiger partial charge in [-0.25, -0.2) is 4.79 Å². The predicted octanol–water partition coefficient (Wildman–Crippen LogP) is 2.34. The summed E-state index contributed by atoms with van der Waals surface area (Å²) < 4.78 is 0. The van der Waals surface area contributed by atoms with E-state index in [-0.39, 0.29) is 36.1 Å². The number of hydrogen-bond acceptors (Lipinski definition) is 4. The van der Waals surface area contributed by atoms with Gasteiger partial charge in [0.05, 0.1) is 12.6 Å². The van der Waals surface area contributed by atoms with E-state index in [1.807, 2.05) is 6.92 Å². The Morgan fingerprint density at radius 2 is 1.80 bits per heavy atom. The Kier molecular flexibility index (Phi) is 5.19. The SMILES string of the molecule is CN1C(=O)N(CC(=O)C2CCCC(O)C2)C(=O)C1(C)C1CCCCC1. The number of rotatable bonds is 4. The molecule has 2 saturated carbocycles. The largest absolute Gasteiger partial charge is 0.393 e. The molecular weight excluding hydrogens is 320 g/mol. The molecule has 6 nitrogen and oxygen atoms in total. The van der Waals surface area contributed by atoms with E-state index in [1.165, 1.54) is 6.42 Å². The molecule has 0 aromatic carbocycles. The van der Waals surface area contributed by atoms with Gasteiger partial charge < -0.3 is 10.0 Å². The zero-order valence-electron chi connectivity index (χ0n) is 15.4. The van der Waals surface area contributed by atoms with E-state index in [0.717, 1.165) is 49.8 Å². The Morgan fingerprint density at radius 3 is 2.44 bits per heavy atom. The Balaban J connectivity index is 1.72. The lowest BCUT2D eigenvalue weighted by atomic mass is 9.75. The lowest BCUT2D eigenvalue weighted by Crippen LogP contribution is -2.52. The number of likely N-dealkylation sites (N-methyl/N-ethyl adjacent to an activating group) is 1. The molecule has 3 unspecified atom stereocenters. The molecule has 25 heavy (non-hydrogen) atoms. The molecule has 2 aliphatic carbocycles. The molecular formula is C19H30N2O4. The number of carbonyl (C=O) groups excluding carboxylic acids is 3. The minimum absolute atomic E-state index is 0.0956. The van der Waals surface area contributed by atoms with Crippen LogP contribution in [0, 0.1) is 11.8 Å². The van der Waals surface area contributed by atoms with E-state index in [2.05, 4.69) is 0 Å². The van der Waals surface area contributed by atoms with Crippen molar-refractivity contribution in [1.29, 1.82) is 0 Å². The summed E-state index contributed by atoms with van der Waals surface area (Å²) in [5.74, 6) is -0.395. The Bertz CT molecular complexity index is 558. The molecule has 3 rings (SSSR count). The molecule has 0 radical (unpaired) electrons. The van der Waals surface area contributed by atoms with Crippen molar-refractivity contribution >= 4 is 17.7 Å². The van der Waals surface area contributed by atoms with Crippen LogP contribution < -0.4 is 0 Å². The van der Waals surface area contributed by atoms with Crippen molar-refractivity contribution in [3.05, 3.63) is 0 Å². The first-order chi connectivity index (χ1) is 11.9. The van der Waals surface area contributed by atoms with Gasteiger partial charge in [-0.2, -0.15) is 0 Å². The van der Waals surface area contributed by atoms with Crippen molar-refractivity contribution in [2.75, 3.05) is 13.6 Å². The summed E-state index contributed by atoms with van der Waals surface area (Å²) in [5, 5.41) is 9.78. The fourth-order valence-electron chi connectivity index (χ4n) is 4.88. The number of Topliss-reactive ketones (excluding diaryl/α,β-unsaturated/α-hetero) is 1. The van der Waals surface area contributed by atoms with Gasteiger partial charge in [0.15, 0.2) is 5.78 Å². The Labute approximate surface area is 149 Å². The van der Waals surface area contributed by atoms with Gasteiger partial charge in [-0.15, -0.1) is 0 Å². The van der Waals surface area contributed by atoms with Gasteiger partial charge in [-0.1, -0.05) is 25.7 Å². The number of urea groups is 1. The number of ketones is 1. The summed E-state index contributed by atoms with van der Waals surface area (Å²) in [4.78, 5) is 41.1. The zero-order valence-corrected chi connectivity index (χ0v) is 15.4. The third-order valence-electron chi connectivity index (χ3n) is 6.71. The van der Waals surface area contributed by atoms with E-state index in [4.69, 9.17) is 0 Å². The first-order valence-electron chi connectivity index (χ1n) is 9.66. The van der Waals surface area contributed by atoms with Gasteiger partial charge in [0.25, 0.3) is 5.91 Å². The summed E-state index contributed by atoms with van der Waals surface area (Å²) in [6.45, 7) is 1.71. The van der Waals surface area contributed by atoms with E-state index >= 15 is 0 Å². The molecule has 3 aliphatic rings. The number of hydrogen-bond donors (Lipinski definition) is 1. The molecule has 6 heteroatoms. The summed E-state index contributed by atoms with van der Waals surface area (Å²) >= 11 is 0. The highest BCUT2D eigenvalue weighted by molar-refractivity contribution is 6.09. The third kappa shape index (κ3) is 3.21. The number of imide groups is 1. The van der Waals surface area contributed by atoms with Gasteiger partial charge >= 0.3 is 6.03 Å². The first-order valence-corrected chi connectivity index (χ1v) is 9.66. The van der Waals surface area contributed by atoms with Gasteiger partial charge in [0, 0.05) is 13.0 Å². The molecule has 0 aromatic rings. The van der Waals surface area contributed by atoms with Crippen LogP contribution in [0.4, 0.5) is 4.79 Å². The second-order valence-electron chi connectivity index (χ2n) is 8.20. The fraction of sp³-hybridized carbons (Fsp3) is 0.842. The van der Waals surface area contributed by atoms with Gasteiger partial charge in [-0.3, -0.25) is 14.5 Å². The van der Waals surface area contributed by atoms with Crippen molar-refractivity contribution in [1.82, 2.24) is 9.80 Å². The lowest BCUT2D eigenvalue weighted by molar-refractivity contribution is -0.138. The number of carbonyl (C=O) groups is 3. The van der Waals surface area contributed by atoms with Crippen LogP contribution in [0.3, 0.4) is 0 Å². The summed E-state index contributed by atoms with van der Waals surface area (Å²) in [6.07, 6.45) is 7.57. The summed E-state index contributed by atoms with van der Waals surface area (Å²) in [7, 11) is 1.68. The Hall–Kier alpha value is -1.43. The van der Waals surface area contributed by atoms with Gasteiger partial charge in [-0.05, 0) is 44.9 Å². The fourth-order valence-corrected chi connectivity index (χ4v) is 4.88. The minimum Gasteiger partial charge on any atom is -0.393 e. The molecule has 140 valence electrons. The molecule has 0 aromatic heterocycles. The quantitative estimate of drug-likeness (QED) is 0.790. The molecule has 1 saturated heterocycles. The van der Waals surface area contributed by atoms with E-state index in [1.54, 1.807) is 11.9 Å². The molecule has 1 aliphatic heterocycles. The maximum atomic E-state index is 13.1. The van der Waals surface area contributed by atoms with Crippen LogP contribution in [-0.2, 0) is 9.59 Å². The van der Waals surface area contributed by atoms with Crippen LogP contribution in [-0.4, -0.2) is 57.9 Å². The molecule has 3 atom stereocenters. The topological polar surface area (TPSA) is 77.9 Å². The average molecular weight is 350 g/mol. The number of aliphatic hydroxyl groups is 1. The van der Waals surface area contributed by atoms with Crippen LogP contribution in [0.15, 0.2) is 0 Å². The predicted molar refractivity (Wildman–Crippen MR) is 92.8 cm³/mol. The second kappa shape index (κ2) is 7.06. The number of nitrogens with zero attached hydrogens (tertiary/aromatic N) is 2. The smallest absolute Gasteiger partial charge is 0.327 e. The number of aliphatic hydroxyl groups excluding tert-OH is 1. The highest BCUT2D eigenvalue weighted by Gasteiger charge is 2.56. The molecule has 0 bridgehead atoms. The van der Waals surface area contributed by atoms with Gasteiger partial charge in [0.1, 0.15) is 5.54 Å². The van der Waals surface area contributed by atoms with Crippen LogP contribution in [0.2, 0.25) is 0 Å². The van der Waals surface area contributed by atoms with E-state index < -0.39 is 11.6 Å². The van der Waals surface area contributed by atoms with E-state index in [0.29, 0.717) is 6.42 Å². The molecule has 1 N–H and O–H groups in total.